The molecule has 0 spiro atoms. The van der Waals surface area contributed by atoms with E-state index in [1.807, 2.05) is 0 Å². The number of phenolic OH excluding ortho intramolecular Hbond substituents is 2. The van der Waals surface area contributed by atoms with Gasteiger partial charge in [-0.15, -0.1) is 0 Å². The van der Waals surface area contributed by atoms with E-state index in [1.54, 1.807) is 40.7 Å². The van der Waals surface area contributed by atoms with Gasteiger partial charge in [0.05, 0.1) is 46.8 Å². The van der Waals surface area contributed by atoms with E-state index < -0.39 is 111 Å². The third-order valence-electron chi connectivity index (χ3n) is 9.45. The number of hydrogen-bond acceptors (Lipinski definition) is 10. The first-order valence-corrected chi connectivity index (χ1v) is 15.3. The molecular formula is C35H45NO10. The molecule has 4 rings (SSSR count). The molecule has 2 aliphatic heterocycles. The van der Waals surface area contributed by atoms with Crippen LogP contribution in [0, 0.1) is 36.5 Å². The second-order valence-electron chi connectivity index (χ2n) is 12.8. The summed E-state index contributed by atoms with van der Waals surface area (Å²) in [4.78, 5) is 53.6. The normalized spacial score (nSPS) is 35.0. The van der Waals surface area contributed by atoms with Crippen LogP contribution in [0.25, 0.3) is 0 Å². The molecule has 0 unspecified atom stereocenters. The van der Waals surface area contributed by atoms with Crippen molar-refractivity contribution in [2.75, 3.05) is 0 Å². The molecule has 11 heteroatoms. The Morgan fingerprint density at radius 2 is 1.11 bits per heavy atom. The molecule has 0 saturated carbocycles. The molecular weight excluding hydrogens is 594 g/mol. The van der Waals surface area contributed by atoms with Crippen LogP contribution < -0.4 is 5.32 Å². The van der Waals surface area contributed by atoms with E-state index in [2.05, 4.69) is 5.32 Å². The van der Waals surface area contributed by atoms with E-state index in [4.69, 9.17) is 0 Å². The topological polar surface area (TPSA) is 202 Å². The Balaban J connectivity index is 2.20. The Kier molecular flexibility index (Phi) is 11.3. The van der Waals surface area contributed by atoms with Gasteiger partial charge in [-0.2, -0.15) is 0 Å². The van der Waals surface area contributed by atoms with Gasteiger partial charge in [-0.1, -0.05) is 58.9 Å². The number of hydrogen-bond donors (Lipinski definition) is 7. The summed E-state index contributed by atoms with van der Waals surface area (Å²) in [6.07, 6.45) is 2.23. The molecule has 4 bridgehead atoms. The van der Waals surface area contributed by atoms with Crippen molar-refractivity contribution >= 4 is 23.3 Å². The van der Waals surface area contributed by atoms with E-state index in [1.165, 1.54) is 39.0 Å². The molecule has 1 aromatic rings. The van der Waals surface area contributed by atoms with Crippen molar-refractivity contribution in [1.82, 2.24) is 5.32 Å². The van der Waals surface area contributed by atoms with Gasteiger partial charge in [0, 0.05) is 46.8 Å². The summed E-state index contributed by atoms with van der Waals surface area (Å²) in [6, 6.07) is 0. The Bertz CT molecular complexity index is 1550. The molecule has 0 radical (unpaired) electrons. The molecule has 0 fully saturated rings. The molecule has 7 N–H and O–H groups in total. The lowest BCUT2D eigenvalue weighted by atomic mass is 9.77. The number of Topliss-reactive ketones (excluding diaryl/α,β-unsaturated/α-hetero) is 2. The Morgan fingerprint density at radius 3 is 1.65 bits per heavy atom. The average molecular weight is 640 g/mol. The van der Waals surface area contributed by atoms with Crippen LogP contribution >= 0.6 is 0 Å². The fourth-order valence-corrected chi connectivity index (χ4v) is 6.11. The number of amides is 1. The van der Waals surface area contributed by atoms with Crippen LogP contribution in [0.3, 0.4) is 0 Å². The maximum absolute atomic E-state index is 13.7. The minimum absolute atomic E-state index is 0.00428. The molecule has 1 aromatic carbocycles. The maximum Gasteiger partial charge on any atom is 0.251 e. The quantitative estimate of drug-likeness (QED) is 0.221. The van der Waals surface area contributed by atoms with Crippen molar-refractivity contribution in [3.63, 3.8) is 0 Å². The Labute approximate surface area is 268 Å². The monoisotopic (exact) mass is 639 g/mol. The van der Waals surface area contributed by atoms with Gasteiger partial charge in [-0.3, -0.25) is 19.2 Å². The number of phenols is 2. The predicted octanol–water partition coefficient (Wildman–Crippen LogP) is 3.05. The van der Waals surface area contributed by atoms with Crippen molar-refractivity contribution in [2.24, 2.45) is 29.6 Å². The van der Waals surface area contributed by atoms with Crippen LogP contribution in [0.15, 0.2) is 47.2 Å². The number of ketones is 3. The molecule has 9 atom stereocenters. The van der Waals surface area contributed by atoms with E-state index in [9.17, 15) is 49.8 Å². The number of benzene rings is 1. The van der Waals surface area contributed by atoms with Crippen LogP contribution in [0.4, 0.5) is 0 Å². The molecule has 2 heterocycles. The van der Waals surface area contributed by atoms with Gasteiger partial charge in [0.2, 0.25) is 5.78 Å². The second-order valence-corrected chi connectivity index (χ2v) is 12.8. The van der Waals surface area contributed by atoms with Gasteiger partial charge < -0.3 is 36.0 Å². The van der Waals surface area contributed by atoms with Crippen LogP contribution in [0.1, 0.15) is 85.1 Å². The number of carbonyl (C=O) groups excluding carboxylic acids is 4. The summed E-state index contributed by atoms with van der Waals surface area (Å²) < 4.78 is 0. The highest BCUT2D eigenvalue weighted by atomic mass is 16.3. The van der Waals surface area contributed by atoms with Crippen molar-refractivity contribution in [3.05, 3.63) is 69.5 Å². The van der Waals surface area contributed by atoms with Crippen molar-refractivity contribution in [2.45, 2.75) is 79.8 Å². The molecule has 1 amide bonds. The number of carbonyl (C=O) groups is 4. The summed E-state index contributed by atoms with van der Waals surface area (Å²) >= 11 is 0. The number of nitrogens with one attached hydrogen (secondary N) is 1. The maximum atomic E-state index is 13.7. The third kappa shape index (κ3) is 6.92. The largest absolute Gasteiger partial charge is 0.507 e. The zero-order valence-corrected chi connectivity index (χ0v) is 27.4. The molecule has 1 aliphatic carbocycles. The summed E-state index contributed by atoms with van der Waals surface area (Å²) in [7, 11) is 0. The first kappa shape index (κ1) is 36.6. The lowest BCUT2D eigenvalue weighted by Crippen LogP contribution is -2.45. The van der Waals surface area contributed by atoms with Gasteiger partial charge in [0.15, 0.2) is 11.6 Å². The zero-order valence-electron chi connectivity index (χ0n) is 27.4. The fourth-order valence-electron chi connectivity index (χ4n) is 6.11. The first-order chi connectivity index (χ1) is 21.3. The van der Waals surface area contributed by atoms with Crippen LogP contribution in [0.2, 0.25) is 0 Å². The molecule has 0 saturated heterocycles. The van der Waals surface area contributed by atoms with Gasteiger partial charge in [-0.25, -0.2) is 0 Å². The van der Waals surface area contributed by atoms with Crippen LogP contribution in [-0.4, -0.2) is 78.3 Å². The first-order valence-electron chi connectivity index (χ1n) is 15.3. The van der Waals surface area contributed by atoms with Gasteiger partial charge >= 0.3 is 0 Å². The Morgan fingerprint density at radius 1 is 0.630 bits per heavy atom. The van der Waals surface area contributed by atoms with Crippen molar-refractivity contribution in [3.8, 4) is 11.5 Å². The number of rotatable bonds is 0. The summed E-state index contributed by atoms with van der Waals surface area (Å²) in [5.41, 5.74) is -2.08. The predicted molar refractivity (Wildman–Crippen MR) is 170 cm³/mol. The highest BCUT2D eigenvalue weighted by Crippen LogP contribution is 2.41. The van der Waals surface area contributed by atoms with Gasteiger partial charge in [0.25, 0.3) is 5.91 Å². The van der Waals surface area contributed by atoms with Gasteiger partial charge in [-0.05, 0) is 26.3 Å². The van der Waals surface area contributed by atoms with Crippen molar-refractivity contribution < 1.29 is 49.8 Å². The summed E-state index contributed by atoms with van der Waals surface area (Å²) in [5, 5.41) is 68.4. The number of aliphatic hydroxyl groups is 4. The summed E-state index contributed by atoms with van der Waals surface area (Å²) in [6.45, 7) is 12.3. The molecule has 250 valence electrons. The molecule has 11 nitrogen and oxygen atoms in total. The standard InChI is InChI=1S/C35H45NO10/c1-14-10-9-11-15(2)35(46)36-22-13-23(37)24-25(32(43)21(8)33(44)26(24)34(22)45)29(40)17(4)12-16(3)28(39)19(6)31(42)20(7)30(41)18(5)27(14)38/h9-14,16,18-20,27-28,30-31,38-39,41-44H,1-8H3,(H,36,46)/b10-9+,15-11-,17-12-/t14-,16-,18-,19-,20-,27-,28+,30+,31-/m0/s1. The highest BCUT2D eigenvalue weighted by molar-refractivity contribution is 6.31. The third-order valence-corrected chi connectivity index (χ3v) is 9.45. The lowest BCUT2D eigenvalue weighted by Gasteiger charge is -2.36. The lowest BCUT2D eigenvalue weighted by molar-refractivity contribution is -0.116. The Hall–Kier alpha value is -3.90. The number of fused-ring (bicyclic) bond motifs is 15. The molecule has 0 aromatic heterocycles. The number of aliphatic hydroxyl groups excluding tert-OH is 4. The minimum atomic E-state index is -1.21. The molecule has 46 heavy (non-hydrogen) atoms. The van der Waals surface area contributed by atoms with Crippen LogP contribution in [0.5, 0.6) is 11.5 Å². The minimum Gasteiger partial charge on any atom is -0.507 e. The van der Waals surface area contributed by atoms with E-state index in [-0.39, 0.29) is 16.7 Å². The fraction of sp³-hybridized carbons (Fsp3) is 0.486. The number of aromatic hydroxyl groups is 2. The second kappa shape index (κ2) is 14.3. The summed E-state index contributed by atoms with van der Waals surface area (Å²) in [5.74, 6) is -8.28. The average Bonchev–Trinajstić information content (AvgIpc) is 3.02. The smallest absolute Gasteiger partial charge is 0.251 e. The molecule has 3 aliphatic rings. The highest BCUT2D eigenvalue weighted by Gasteiger charge is 2.39. The SMILES string of the molecule is C/C1=C/C=C/[C@H](C)[C@H](O)[C@H](C)[C@@H](O)[C@H](C)[C@@H](O)[C@@H](C)[C@H](O)[C@@H](C)/C=C(/C)C(=O)c2c(O)c(C)c(O)c3c2C(=O)C=C(NC1=O)C3=O. The van der Waals surface area contributed by atoms with E-state index in [0.29, 0.717) is 0 Å². The van der Waals surface area contributed by atoms with Gasteiger partial charge in [0.1, 0.15) is 11.5 Å². The van der Waals surface area contributed by atoms with Crippen LogP contribution in [-0.2, 0) is 4.79 Å². The van der Waals surface area contributed by atoms with Crippen molar-refractivity contribution in [1.29, 1.82) is 0 Å². The van der Waals surface area contributed by atoms with E-state index in [0.717, 1.165) is 6.08 Å². The number of allylic oxidation sites excluding steroid dienone is 5. The van der Waals surface area contributed by atoms with E-state index >= 15 is 0 Å². The zero-order chi connectivity index (χ0) is 34.9.